The molecule has 1 amide bonds. The molecule has 0 fully saturated rings. The maximum atomic E-state index is 13.0. The molecule has 140 valence electrons. The zero-order valence-electron chi connectivity index (χ0n) is 15.3. The number of nitrogens with one attached hydrogen (secondary N) is 2. The average molecular weight is 378 g/mol. The summed E-state index contributed by atoms with van der Waals surface area (Å²) in [5.74, 6) is -0.795. The predicted octanol–water partition coefficient (Wildman–Crippen LogP) is 3.85. The first-order valence-corrected chi connectivity index (χ1v) is 9.74. The van der Waals surface area contributed by atoms with Gasteiger partial charge in [0.2, 0.25) is 0 Å². The molecule has 0 aliphatic carbocycles. The number of aryl methyl sites for hydroxylation is 1. The zero-order valence-corrected chi connectivity index (χ0v) is 16.1. The van der Waals surface area contributed by atoms with Crippen LogP contribution in [0.3, 0.4) is 0 Å². The van der Waals surface area contributed by atoms with Gasteiger partial charge in [0.05, 0.1) is 4.90 Å². The summed E-state index contributed by atoms with van der Waals surface area (Å²) in [6.07, 6.45) is 0.738. The summed E-state index contributed by atoms with van der Waals surface area (Å²) in [6, 6.07) is 9.54. The fourth-order valence-electron chi connectivity index (χ4n) is 2.23. The molecule has 0 aliphatic rings. The molecule has 0 saturated carbocycles. The van der Waals surface area contributed by atoms with Gasteiger partial charge >= 0.3 is 0 Å². The smallest absolute Gasteiger partial charge is 0.262 e. The summed E-state index contributed by atoms with van der Waals surface area (Å²) in [5, 5.41) is 2.88. The van der Waals surface area contributed by atoms with E-state index >= 15 is 0 Å². The van der Waals surface area contributed by atoms with E-state index in [4.69, 9.17) is 0 Å². The minimum atomic E-state index is -3.91. The summed E-state index contributed by atoms with van der Waals surface area (Å²) in [4.78, 5) is 12.4. The Morgan fingerprint density at radius 3 is 2.31 bits per heavy atom. The number of hydrogen-bond donors (Lipinski definition) is 2. The standard InChI is InChI=1S/C19H23FN2O3S/c1-5-19(3,4)21-18(23)14-7-6-13(2)17(12-14)26(24,25)22-16-10-8-15(20)9-11-16/h6-12,22H,5H2,1-4H3,(H,21,23). The minimum Gasteiger partial charge on any atom is -0.347 e. The number of sulfonamides is 1. The summed E-state index contributed by atoms with van der Waals surface area (Å²) in [7, 11) is -3.91. The van der Waals surface area contributed by atoms with Crippen LogP contribution in [0, 0.1) is 12.7 Å². The quantitative estimate of drug-likeness (QED) is 0.802. The van der Waals surface area contributed by atoms with Crippen molar-refractivity contribution in [2.45, 2.75) is 44.6 Å². The van der Waals surface area contributed by atoms with Crippen LogP contribution >= 0.6 is 0 Å². The normalized spacial score (nSPS) is 11.9. The zero-order chi connectivity index (χ0) is 19.5. The third-order valence-electron chi connectivity index (χ3n) is 4.17. The Labute approximate surface area is 153 Å². The van der Waals surface area contributed by atoms with E-state index in [2.05, 4.69) is 10.0 Å². The van der Waals surface area contributed by atoms with E-state index < -0.39 is 21.4 Å². The van der Waals surface area contributed by atoms with Gasteiger partial charge < -0.3 is 5.32 Å². The molecule has 26 heavy (non-hydrogen) atoms. The fraction of sp³-hybridized carbons (Fsp3) is 0.316. The molecule has 2 rings (SSSR count). The number of anilines is 1. The number of carbonyl (C=O) groups is 1. The van der Waals surface area contributed by atoms with Gasteiger partial charge in [0.25, 0.3) is 15.9 Å². The third-order valence-corrected chi connectivity index (χ3v) is 5.70. The molecule has 0 spiro atoms. The molecule has 5 nitrogen and oxygen atoms in total. The fourth-order valence-corrected chi connectivity index (χ4v) is 3.56. The molecule has 0 atom stereocenters. The van der Waals surface area contributed by atoms with E-state index in [9.17, 15) is 17.6 Å². The van der Waals surface area contributed by atoms with Crippen molar-refractivity contribution in [3.63, 3.8) is 0 Å². The number of amides is 1. The molecule has 0 aromatic heterocycles. The van der Waals surface area contributed by atoms with Crippen LogP contribution in [0.5, 0.6) is 0 Å². The van der Waals surface area contributed by atoms with Crippen LogP contribution in [0.1, 0.15) is 43.1 Å². The van der Waals surface area contributed by atoms with Crippen molar-refractivity contribution in [1.82, 2.24) is 5.32 Å². The van der Waals surface area contributed by atoms with Crippen LogP contribution < -0.4 is 10.0 Å². The van der Waals surface area contributed by atoms with Crippen molar-refractivity contribution < 1.29 is 17.6 Å². The largest absolute Gasteiger partial charge is 0.347 e. The van der Waals surface area contributed by atoms with Gasteiger partial charge in [0.15, 0.2) is 0 Å². The number of carbonyl (C=O) groups excluding carboxylic acids is 1. The molecule has 2 aromatic rings. The van der Waals surface area contributed by atoms with Crippen LogP contribution in [0.4, 0.5) is 10.1 Å². The predicted molar refractivity (Wildman–Crippen MR) is 100 cm³/mol. The molecule has 0 heterocycles. The first-order chi connectivity index (χ1) is 12.0. The van der Waals surface area contributed by atoms with Crippen LogP contribution in [-0.2, 0) is 10.0 Å². The van der Waals surface area contributed by atoms with Gasteiger partial charge in [-0.05, 0) is 69.2 Å². The van der Waals surface area contributed by atoms with Gasteiger partial charge in [-0.25, -0.2) is 12.8 Å². The first kappa shape index (κ1) is 19.9. The summed E-state index contributed by atoms with van der Waals surface area (Å²) >= 11 is 0. The SMILES string of the molecule is CCC(C)(C)NC(=O)c1ccc(C)c(S(=O)(=O)Nc2ccc(F)cc2)c1. The maximum Gasteiger partial charge on any atom is 0.262 e. The van der Waals surface area contributed by atoms with E-state index in [-0.39, 0.29) is 22.1 Å². The number of benzene rings is 2. The lowest BCUT2D eigenvalue weighted by molar-refractivity contribution is 0.0911. The highest BCUT2D eigenvalue weighted by atomic mass is 32.2. The molecule has 2 N–H and O–H groups in total. The monoisotopic (exact) mass is 378 g/mol. The highest BCUT2D eigenvalue weighted by molar-refractivity contribution is 7.92. The Morgan fingerprint density at radius 2 is 1.73 bits per heavy atom. The van der Waals surface area contributed by atoms with Crippen LogP contribution in [-0.4, -0.2) is 19.9 Å². The highest BCUT2D eigenvalue weighted by Crippen LogP contribution is 2.21. The second-order valence-corrected chi connectivity index (χ2v) is 8.44. The van der Waals surface area contributed by atoms with Crippen molar-refractivity contribution in [2.75, 3.05) is 4.72 Å². The van der Waals surface area contributed by atoms with E-state index in [1.54, 1.807) is 19.1 Å². The van der Waals surface area contributed by atoms with E-state index in [1.807, 2.05) is 20.8 Å². The molecular formula is C19H23FN2O3S. The van der Waals surface area contributed by atoms with Crippen molar-refractivity contribution >= 4 is 21.6 Å². The molecule has 0 unspecified atom stereocenters. The molecule has 0 bridgehead atoms. The summed E-state index contributed by atoms with van der Waals surface area (Å²) in [5.41, 5.74) is 0.614. The minimum absolute atomic E-state index is 0.00350. The Balaban J connectivity index is 2.33. The van der Waals surface area contributed by atoms with Crippen molar-refractivity contribution in [3.8, 4) is 0 Å². The van der Waals surface area contributed by atoms with Gasteiger partial charge in [0.1, 0.15) is 5.82 Å². The number of rotatable bonds is 6. The van der Waals surface area contributed by atoms with Gasteiger partial charge in [-0.2, -0.15) is 0 Å². The van der Waals surface area contributed by atoms with E-state index in [0.717, 1.165) is 6.42 Å². The number of halogens is 1. The molecule has 0 radical (unpaired) electrons. The molecule has 0 saturated heterocycles. The first-order valence-electron chi connectivity index (χ1n) is 8.25. The van der Waals surface area contributed by atoms with Gasteiger partial charge in [0, 0.05) is 16.8 Å². The molecule has 7 heteroatoms. The van der Waals surface area contributed by atoms with Crippen molar-refractivity contribution in [2.24, 2.45) is 0 Å². The third kappa shape index (κ3) is 4.82. The maximum absolute atomic E-state index is 13.0. The Kier molecular flexibility index (Phi) is 5.71. The van der Waals surface area contributed by atoms with Gasteiger partial charge in [-0.1, -0.05) is 13.0 Å². The van der Waals surface area contributed by atoms with Crippen LogP contribution in [0.15, 0.2) is 47.4 Å². The van der Waals surface area contributed by atoms with E-state index in [0.29, 0.717) is 5.56 Å². The molecule has 0 aliphatic heterocycles. The lowest BCUT2D eigenvalue weighted by Crippen LogP contribution is -2.42. The lowest BCUT2D eigenvalue weighted by Gasteiger charge is -2.24. The summed E-state index contributed by atoms with van der Waals surface area (Å²) < 4.78 is 40.8. The lowest BCUT2D eigenvalue weighted by atomic mass is 10.0. The van der Waals surface area contributed by atoms with Gasteiger partial charge in [-0.3, -0.25) is 9.52 Å². The summed E-state index contributed by atoms with van der Waals surface area (Å²) in [6.45, 7) is 7.40. The Morgan fingerprint density at radius 1 is 1.12 bits per heavy atom. The Hall–Kier alpha value is -2.41. The van der Waals surface area contributed by atoms with E-state index in [1.165, 1.54) is 30.3 Å². The second-order valence-electron chi connectivity index (χ2n) is 6.78. The molecular weight excluding hydrogens is 355 g/mol. The Bertz CT molecular complexity index is 907. The average Bonchev–Trinajstić information content (AvgIpc) is 2.56. The topological polar surface area (TPSA) is 75.3 Å². The van der Waals surface area contributed by atoms with Crippen molar-refractivity contribution in [1.29, 1.82) is 0 Å². The van der Waals surface area contributed by atoms with Crippen LogP contribution in [0.25, 0.3) is 0 Å². The van der Waals surface area contributed by atoms with Crippen molar-refractivity contribution in [3.05, 3.63) is 59.4 Å². The molecule has 2 aromatic carbocycles. The highest BCUT2D eigenvalue weighted by Gasteiger charge is 2.22. The van der Waals surface area contributed by atoms with Crippen LogP contribution in [0.2, 0.25) is 0 Å². The number of hydrogen-bond acceptors (Lipinski definition) is 3. The van der Waals surface area contributed by atoms with Gasteiger partial charge in [-0.15, -0.1) is 0 Å². The second kappa shape index (κ2) is 7.45.